The van der Waals surface area contributed by atoms with Crippen molar-refractivity contribution in [1.82, 2.24) is 0 Å². The van der Waals surface area contributed by atoms with Gasteiger partial charge in [0, 0.05) is 6.42 Å². The highest BCUT2D eigenvalue weighted by Gasteiger charge is 2.10. The summed E-state index contributed by atoms with van der Waals surface area (Å²) in [6.45, 7) is 1.73. The average molecular weight is 182 g/mol. The van der Waals surface area contributed by atoms with Gasteiger partial charge in [-0.1, -0.05) is 6.92 Å². The van der Waals surface area contributed by atoms with Crippen molar-refractivity contribution < 1.29 is 13.9 Å². The molecular formula is C10H11FO2. The summed E-state index contributed by atoms with van der Waals surface area (Å²) in [7, 11) is 1.46. The lowest BCUT2D eigenvalue weighted by Gasteiger charge is -2.05. The van der Waals surface area contributed by atoms with Gasteiger partial charge in [-0.15, -0.1) is 0 Å². The minimum Gasteiger partial charge on any atom is -0.496 e. The first-order valence-electron chi connectivity index (χ1n) is 4.05. The molecule has 0 aliphatic heterocycles. The summed E-state index contributed by atoms with van der Waals surface area (Å²) in [5.41, 5.74) is 0.310. The molecule has 0 saturated heterocycles. The Morgan fingerprint density at radius 2 is 2.23 bits per heavy atom. The fraction of sp³-hybridized carbons (Fsp3) is 0.300. The van der Waals surface area contributed by atoms with Crippen LogP contribution in [0.25, 0.3) is 0 Å². The number of hydrogen-bond donors (Lipinski definition) is 0. The summed E-state index contributed by atoms with van der Waals surface area (Å²) in [5.74, 6) is -0.109. The maximum absolute atomic E-state index is 12.8. The molecular weight excluding hydrogens is 171 g/mol. The summed E-state index contributed by atoms with van der Waals surface area (Å²) in [5, 5.41) is 0. The average Bonchev–Trinajstić information content (AvgIpc) is 2.16. The van der Waals surface area contributed by atoms with Gasteiger partial charge in [-0.25, -0.2) is 4.39 Å². The fourth-order valence-electron chi connectivity index (χ4n) is 1.09. The van der Waals surface area contributed by atoms with Crippen molar-refractivity contribution in [3.63, 3.8) is 0 Å². The van der Waals surface area contributed by atoms with Gasteiger partial charge in [-0.2, -0.15) is 0 Å². The predicted octanol–water partition coefficient (Wildman–Crippen LogP) is 2.43. The zero-order valence-electron chi connectivity index (χ0n) is 7.63. The number of methoxy groups -OCH3 is 1. The zero-order chi connectivity index (χ0) is 9.84. The van der Waals surface area contributed by atoms with Crippen LogP contribution in [-0.4, -0.2) is 12.9 Å². The van der Waals surface area contributed by atoms with E-state index >= 15 is 0 Å². The first-order valence-corrected chi connectivity index (χ1v) is 4.05. The van der Waals surface area contributed by atoms with Crippen molar-refractivity contribution in [2.24, 2.45) is 0 Å². The molecule has 0 radical (unpaired) electrons. The molecule has 0 amide bonds. The molecule has 0 fully saturated rings. The Bertz CT molecular complexity index is 321. The van der Waals surface area contributed by atoms with Crippen LogP contribution in [0.2, 0.25) is 0 Å². The minimum absolute atomic E-state index is 0.114. The van der Waals surface area contributed by atoms with Gasteiger partial charge in [-0.05, 0) is 18.2 Å². The second-order valence-corrected chi connectivity index (χ2v) is 2.62. The van der Waals surface area contributed by atoms with E-state index in [4.69, 9.17) is 4.74 Å². The second-order valence-electron chi connectivity index (χ2n) is 2.62. The third kappa shape index (κ3) is 2.05. The van der Waals surface area contributed by atoms with Crippen molar-refractivity contribution in [3.8, 4) is 5.75 Å². The monoisotopic (exact) mass is 182 g/mol. The largest absolute Gasteiger partial charge is 0.496 e. The van der Waals surface area contributed by atoms with Crippen molar-refractivity contribution in [1.29, 1.82) is 0 Å². The van der Waals surface area contributed by atoms with Gasteiger partial charge in [-0.3, -0.25) is 4.79 Å². The number of benzene rings is 1. The number of carbonyl (C=O) groups is 1. The van der Waals surface area contributed by atoms with Crippen molar-refractivity contribution in [2.75, 3.05) is 7.11 Å². The van der Waals surface area contributed by atoms with Crippen LogP contribution in [0.3, 0.4) is 0 Å². The molecule has 0 aliphatic rings. The van der Waals surface area contributed by atoms with E-state index in [9.17, 15) is 9.18 Å². The molecule has 2 nitrogen and oxygen atoms in total. The molecule has 1 aromatic rings. The first kappa shape index (κ1) is 9.71. The normalized spacial score (nSPS) is 9.77. The van der Waals surface area contributed by atoms with E-state index < -0.39 is 5.82 Å². The highest BCUT2D eigenvalue weighted by Crippen LogP contribution is 2.20. The summed E-state index contributed by atoms with van der Waals surface area (Å²) in [6.07, 6.45) is 0.347. The van der Waals surface area contributed by atoms with Gasteiger partial charge in [0.05, 0.1) is 12.7 Å². The van der Waals surface area contributed by atoms with E-state index in [1.807, 2.05) is 0 Å². The number of hydrogen-bond acceptors (Lipinski definition) is 2. The molecule has 13 heavy (non-hydrogen) atoms. The molecule has 0 N–H and O–H groups in total. The molecule has 0 aliphatic carbocycles. The maximum Gasteiger partial charge on any atom is 0.166 e. The topological polar surface area (TPSA) is 26.3 Å². The predicted molar refractivity (Wildman–Crippen MR) is 47.6 cm³/mol. The van der Waals surface area contributed by atoms with E-state index in [2.05, 4.69) is 0 Å². The van der Waals surface area contributed by atoms with Crippen LogP contribution in [0.15, 0.2) is 18.2 Å². The lowest BCUT2D eigenvalue weighted by molar-refractivity contribution is 0.0984. The molecule has 0 atom stereocenters. The van der Waals surface area contributed by atoms with Crippen LogP contribution in [0.1, 0.15) is 23.7 Å². The van der Waals surface area contributed by atoms with Gasteiger partial charge in [0.15, 0.2) is 5.78 Å². The van der Waals surface area contributed by atoms with Gasteiger partial charge in [0.25, 0.3) is 0 Å². The molecule has 0 unspecified atom stereocenters. The number of carbonyl (C=O) groups excluding carboxylic acids is 1. The van der Waals surface area contributed by atoms with E-state index in [1.165, 1.54) is 25.3 Å². The van der Waals surface area contributed by atoms with Crippen molar-refractivity contribution >= 4 is 5.78 Å². The van der Waals surface area contributed by atoms with Crippen LogP contribution in [0.4, 0.5) is 4.39 Å². The molecule has 1 aromatic carbocycles. The van der Waals surface area contributed by atoms with Crippen LogP contribution >= 0.6 is 0 Å². The quantitative estimate of drug-likeness (QED) is 0.671. The van der Waals surface area contributed by atoms with Gasteiger partial charge in [0.1, 0.15) is 11.6 Å². The van der Waals surface area contributed by atoms with E-state index in [0.29, 0.717) is 17.7 Å². The van der Waals surface area contributed by atoms with Crippen LogP contribution in [0, 0.1) is 5.82 Å². The summed E-state index contributed by atoms with van der Waals surface area (Å²) >= 11 is 0. The lowest BCUT2D eigenvalue weighted by atomic mass is 10.1. The molecule has 0 saturated carbocycles. The molecule has 1 rings (SSSR count). The molecule has 0 aromatic heterocycles. The van der Waals surface area contributed by atoms with Crippen LogP contribution in [-0.2, 0) is 0 Å². The number of ether oxygens (including phenoxy) is 1. The summed E-state index contributed by atoms with van der Waals surface area (Å²) in [4.78, 5) is 11.3. The Balaban J connectivity index is 3.15. The standard InChI is InChI=1S/C10H11FO2/c1-3-9(12)8-6-7(11)4-5-10(8)13-2/h4-6H,3H2,1-2H3. The minimum atomic E-state index is -0.419. The summed E-state index contributed by atoms with van der Waals surface area (Å²) in [6, 6.07) is 3.92. The molecule has 70 valence electrons. The fourth-order valence-corrected chi connectivity index (χ4v) is 1.09. The zero-order valence-corrected chi connectivity index (χ0v) is 7.63. The Morgan fingerprint density at radius 1 is 1.54 bits per heavy atom. The van der Waals surface area contributed by atoms with Crippen LogP contribution in [0.5, 0.6) is 5.75 Å². The van der Waals surface area contributed by atoms with Crippen LogP contribution < -0.4 is 4.74 Å². The van der Waals surface area contributed by atoms with E-state index in [-0.39, 0.29) is 5.78 Å². The van der Waals surface area contributed by atoms with E-state index in [1.54, 1.807) is 6.92 Å². The third-order valence-corrected chi connectivity index (χ3v) is 1.78. The Hall–Kier alpha value is -1.38. The smallest absolute Gasteiger partial charge is 0.166 e. The van der Waals surface area contributed by atoms with E-state index in [0.717, 1.165) is 0 Å². The molecule has 0 heterocycles. The van der Waals surface area contributed by atoms with Gasteiger partial charge >= 0.3 is 0 Å². The van der Waals surface area contributed by atoms with Gasteiger partial charge < -0.3 is 4.74 Å². The maximum atomic E-state index is 12.8. The molecule has 0 bridgehead atoms. The number of Topliss-reactive ketones (excluding diaryl/α,β-unsaturated/α-hetero) is 1. The highest BCUT2D eigenvalue weighted by molar-refractivity contribution is 5.98. The number of rotatable bonds is 3. The molecule has 0 spiro atoms. The third-order valence-electron chi connectivity index (χ3n) is 1.78. The number of halogens is 1. The Morgan fingerprint density at radius 3 is 2.77 bits per heavy atom. The Labute approximate surface area is 76.3 Å². The lowest BCUT2D eigenvalue weighted by Crippen LogP contribution is -2.00. The second kappa shape index (κ2) is 4.03. The SMILES string of the molecule is CCC(=O)c1cc(F)ccc1OC. The first-order chi connectivity index (χ1) is 6.19. The van der Waals surface area contributed by atoms with Crippen molar-refractivity contribution in [2.45, 2.75) is 13.3 Å². The highest BCUT2D eigenvalue weighted by atomic mass is 19.1. The Kier molecular flexibility index (Phi) is 3.01. The number of ketones is 1. The van der Waals surface area contributed by atoms with Gasteiger partial charge in [0.2, 0.25) is 0 Å². The van der Waals surface area contributed by atoms with Crippen molar-refractivity contribution in [3.05, 3.63) is 29.6 Å². The summed E-state index contributed by atoms with van der Waals surface area (Å²) < 4.78 is 17.7. The molecule has 3 heteroatoms.